The van der Waals surface area contributed by atoms with Crippen LogP contribution in [0.15, 0.2) is 34.7 Å². The summed E-state index contributed by atoms with van der Waals surface area (Å²) in [5, 5.41) is 5.18. The molecule has 1 N–H and O–H groups in total. The number of benzene rings is 1. The normalized spacial score (nSPS) is 15.5. The van der Waals surface area contributed by atoms with Crippen molar-refractivity contribution in [1.82, 2.24) is 5.32 Å². The fourth-order valence-corrected chi connectivity index (χ4v) is 4.65. The Morgan fingerprint density at radius 3 is 2.95 bits per heavy atom. The third-order valence-electron chi connectivity index (χ3n) is 4.12. The van der Waals surface area contributed by atoms with E-state index in [-0.39, 0.29) is 6.04 Å². The molecule has 0 radical (unpaired) electrons. The molecule has 1 unspecified atom stereocenters. The summed E-state index contributed by atoms with van der Waals surface area (Å²) in [7, 11) is 1.98. The average molecular weight is 318 g/mol. The molecule has 0 fully saturated rings. The highest BCUT2D eigenvalue weighted by Crippen LogP contribution is 2.37. The molecule has 4 heteroatoms. The summed E-state index contributed by atoms with van der Waals surface area (Å²) in [6, 6.07) is 10.3. The van der Waals surface area contributed by atoms with Crippen LogP contribution in [0.2, 0.25) is 5.02 Å². The van der Waals surface area contributed by atoms with Gasteiger partial charge in [-0.25, -0.2) is 0 Å². The molecule has 0 saturated carbocycles. The number of fused-ring (bicyclic) bond motifs is 2. The zero-order chi connectivity index (χ0) is 14.4. The maximum Gasteiger partial charge on any atom is 0.134 e. The minimum absolute atomic E-state index is 0.117. The second-order valence-electron chi connectivity index (χ2n) is 5.50. The minimum Gasteiger partial charge on any atom is -0.459 e. The van der Waals surface area contributed by atoms with Gasteiger partial charge in [-0.3, -0.25) is 0 Å². The lowest BCUT2D eigenvalue weighted by atomic mass is 10.1. The van der Waals surface area contributed by atoms with Gasteiger partial charge in [-0.05, 0) is 62.2 Å². The highest BCUT2D eigenvalue weighted by molar-refractivity contribution is 7.12. The number of hydrogen-bond donors (Lipinski definition) is 1. The van der Waals surface area contributed by atoms with Crippen LogP contribution in [0.25, 0.3) is 11.0 Å². The van der Waals surface area contributed by atoms with E-state index in [1.807, 2.05) is 36.6 Å². The number of nitrogens with one attached hydrogen (secondary N) is 1. The molecule has 2 aromatic heterocycles. The Morgan fingerprint density at radius 1 is 1.24 bits per heavy atom. The van der Waals surface area contributed by atoms with E-state index in [4.69, 9.17) is 16.0 Å². The molecule has 0 bridgehead atoms. The van der Waals surface area contributed by atoms with Crippen LogP contribution in [-0.4, -0.2) is 7.05 Å². The summed E-state index contributed by atoms with van der Waals surface area (Å²) in [5.41, 5.74) is 2.41. The third-order valence-corrected chi connectivity index (χ3v) is 5.66. The lowest BCUT2D eigenvalue weighted by molar-refractivity contribution is 0.495. The van der Waals surface area contributed by atoms with Crippen LogP contribution in [-0.2, 0) is 12.8 Å². The van der Waals surface area contributed by atoms with Crippen LogP contribution >= 0.6 is 22.9 Å². The van der Waals surface area contributed by atoms with E-state index < -0.39 is 0 Å². The van der Waals surface area contributed by atoms with Crippen LogP contribution in [0.4, 0.5) is 0 Å². The van der Waals surface area contributed by atoms with Gasteiger partial charge in [0.05, 0.1) is 0 Å². The lowest BCUT2D eigenvalue weighted by Gasteiger charge is -2.11. The molecular formula is C17H16ClNOS. The van der Waals surface area contributed by atoms with Gasteiger partial charge in [0.2, 0.25) is 0 Å². The number of hydrogen-bond acceptors (Lipinski definition) is 3. The summed E-state index contributed by atoms with van der Waals surface area (Å²) >= 11 is 7.97. The third kappa shape index (κ3) is 2.30. The van der Waals surface area contributed by atoms with Crippen molar-refractivity contribution >= 4 is 33.9 Å². The number of rotatable bonds is 3. The minimum atomic E-state index is 0.117. The predicted octanol–water partition coefficient (Wildman–Crippen LogP) is 4.95. The summed E-state index contributed by atoms with van der Waals surface area (Å²) in [6.45, 7) is 0. The Kier molecular flexibility index (Phi) is 3.29. The maximum atomic E-state index is 6.05. The van der Waals surface area contributed by atoms with Crippen LogP contribution in [0, 0.1) is 0 Å². The van der Waals surface area contributed by atoms with Crippen molar-refractivity contribution in [2.45, 2.75) is 25.3 Å². The first kappa shape index (κ1) is 13.4. The molecule has 0 amide bonds. The van der Waals surface area contributed by atoms with Gasteiger partial charge < -0.3 is 9.73 Å². The van der Waals surface area contributed by atoms with Crippen LogP contribution in [0.5, 0.6) is 0 Å². The molecule has 1 aromatic carbocycles. The van der Waals surface area contributed by atoms with Crippen molar-refractivity contribution in [3.63, 3.8) is 0 Å². The first-order valence-electron chi connectivity index (χ1n) is 7.22. The summed E-state index contributed by atoms with van der Waals surface area (Å²) in [5.74, 6) is 0.953. The van der Waals surface area contributed by atoms with E-state index in [0.717, 1.165) is 21.8 Å². The molecule has 4 rings (SSSR count). The molecule has 0 saturated heterocycles. The maximum absolute atomic E-state index is 6.05. The van der Waals surface area contributed by atoms with Crippen molar-refractivity contribution in [3.05, 3.63) is 56.4 Å². The molecule has 1 aliphatic rings. The van der Waals surface area contributed by atoms with Gasteiger partial charge in [-0.2, -0.15) is 0 Å². The van der Waals surface area contributed by atoms with Crippen molar-refractivity contribution in [3.8, 4) is 0 Å². The quantitative estimate of drug-likeness (QED) is 0.739. The molecule has 108 valence electrons. The van der Waals surface area contributed by atoms with E-state index in [1.165, 1.54) is 29.7 Å². The fourth-order valence-electron chi connectivity index (χ4n) is 3.10. The smallest absolute Gasteiger partial charge is 0.134 e. The van der Waals surface area contributed by atoms with E-state index in [2.05, 4.69) is 17.4 Å². The lowest BCUT2D eigenvalue weighted by Crippen LogP contribution is -2.15. The Balaban J connectivity index is 1.76. The molecule has 3 aromatic rings. The van der Waals surface area contributed by atoms with Gasteiger partial charge >= 0.3 is 0 Å². The Morgan fingerprint density at radius 2 is 2.14 bits per heavy atom. The van der Waals surface area contributed by atoms with Crippen molar-refractivity contribution in [2.24, 2.45) is 0 Å². The van der Waals surface area contributed by atoms with E-state index in [9.17, 15) is 0 Å². The SMILES string of the molecule is CNC(c1cc2cc(Cl)ccc2o1)c1cc2c(s1)CCC2. The molecule has 1 atom stereocenters. The zero-order valence-electron chi connectivity index (χ0n) is 11.8. The Bertz CT molecular complexity index is 783. The number of aryl methyl sites for hydroxylation is 2. The Hall–Kier alpha value is -1.29. The second kappa shape index (κ2) is 5.16. The zero-order valence-corrected chi connectivity index (χ0v) is 13.4. The molecular weight excluding hydrogens is 302 g/mol. The second-order valence-corrected chi connectivity index (χ2v) is 7.11. The van der Waals surface area contributed by atoms with Gasteiger partial charge in [-0.15, -0.1) is 11.3 Å². The summed E-state index contributed by atoms with van der Waals surface area (Å²) < 4.78 is 6.02. The predicted molar refractivity (Wildman–Crippen MR) is 88.5 cm³/mol. The molecule has 1 aliphatic carbocycles. The Labute approximate surface area is 132 Å². The van der Waals surface area contributed by atoms with Crippen molar-refractivity contribution < 1.29 is 4.42 Å². The van der Waals surface area contributed by atoms with E-state index in [0.29, 0.717) is 0 Å². The molecule has 2 nitrogen and oxygen atoms in total. The molecule has 21 heavy (non-hydrogen) atoms. The van der Waals surface area contributed by atoms with Crippen LogP contribution in [0.3, 0.4) is 0 Å². The fraction of sp³-hybridized carbons (Fsp3) is 0.294. The van der Waals surface area contributed by atoms with Crippen LogP contribution < -0.4 is 5.32 Å². The monoisotopic (exact) mass is 317 g/mol. The standard InChI is InChI=1S/C17H16ClNOS/c1-19-17(16-9-10-3-2-4-15(10)21-16)14-8-11-7-12(18)5-6-13(11)20-14/h5-9,17,19H,2-4H2,1H3. The summed E-state index contributed by atoms with van der Waals surface area (Å²) in [6.07, 6.45) is 3.75. The van der Waals surface area contributed by atoms with Gasteiger partial charge in [0, 0.05) is 20.2 Å². The number of thiophene rings is 1. The van der Waals surface area contributed by atoms with E-state index >= 15 is 0 Å². The first-order chi connectivity index (χ1) is 10.2. The number of furan rings is 1. The molecule has 0 spiro atoms. The first-order valence-corrected chi connectivity index (χ1v) is 8.42. The van der Waals surface area contributed by atoms with Gasteiger partial charge in [0.15, 0.2) is 0 Å². The molecule has 0 aliphatic heterocycles. The van der Waals surface area contributed by atoms with Crippen LogP contribution in [0.1, 0.15) is 33.5 Å². The largest absolute Gasteiger partial charge is 0.459 e. The van der Waals surface area contributed by atoms with Crippen molar-refractivity contribution in [2.75, 3.05) is 7.05 Å². The highest BCUT2D eigenvalue weighted by atomic mass is 35.5. The summed E-state index contributed by atoms with van der Waals surface area (Å²) in [4.78, 5) is 2.89. The van der Waals surface area contributed by atoms with Crippen molar-refractivity contribution in [1.29, 1.82) is 0 Å². The topological polar surface area (TPSA) is 25.2 Å². The molecule has 2 heterocycles. The average Bonchev–Trinajstić information content (AvgIpc) is 3.12. The van der Waals surface area contributed by atoms with Gasteiger partial charge in [0.25, 0.3) is 0 Å². The number of halogens is 1. The van der Waals surface area contributed by atoms with Gasteiger partial charge in [0.1, 0.15) is 17.4 Å². The highest BCUT2D eigenvalue weighted by Gasteiger charge is 2.23. The van der Waals surface area contributed by atoms with Gasteiger partial charge in [-0.1, -0.05) is 11.6 Å². The van der Waals surface area contributed by atoms with E-state index in [1.54, 1.807) is 4.88 Å².